The summed E-state index contributed by atoms with van der Waals surface area (Å²) in [6, 6.07) is 3.76. The Balaban J connectivity index is 1.48. The summed E-state index contributed by atoms with van der Waals surface area (Å²) in [4.78, 5) is 14.2. The van der Waals surface area contributed by atoms with Gasteiger partial charge in [-0.15, -0.1) is 5.10 Å². The zero-order valence-electron chi connectivity index (χ0n) is 11.9. The van der Waals surface area contributed by atoms with E-state index in [-0.39, 0.29) is 6.10 Å². The van der Waals surface area contributed by atoms with Gasteiger partial charge in [-0.25, -0.2) is 0 Å². The van der Waals surface area contributed by atoms with Gasteiger partial charge in [0.05, 0.1) is 5.69 Å². The number of amides is 1. The largest absolute Gasteiger partial charge is 0.473 e. The third-order valence-corrected chi connectivity index (χ3v) is 4.27. The maximum Gasteiger partial charge on any atom is 0.233 e. The number of carbonyl (C=O) groups excluding carboxylic acids is 1. The normalized spacial score (nSPS) is 20.6. The SMILES string of the molecule is Cc1ccc(OC2CCN(C(=O)C3CCC3)CC2)nn1. The topological polar surface area (TPSA) is 55.3 Å². The van der Waals surface area contributed by atoms with Crippen molar-refractivity contribution < 1.29 is 9.53 Å². The fourth-order valence-corrected chi connectivity index (χ4v) is 2.73. The summed E-state index contributed by atoms with van der Waals surface area (Å²) in [5, 5.41) is 8.01. The van der Waals surface area contributed by atoms with Gasteiger partial charge in [0, 0.05) is 37.9 Å². The Hall–Kier alpha value is -1.65. The second kappa shape index (κ2) is 5.77. The molecule has 0 bridgehead atoms. The van der Waals surface area contributed by atoms with Gasteiger partial charge in [0.25, 0.3) is 0 Å². The number of ether oxygens (including phenoxy) is 1. The maximum absolute atomic E-state index is 12.1. The molecular weight excluding hydrogens is 254 g/mol. The van der Waals surface area contributed by atoms with Crippen LogP contribution in [0.25, 0.3) is 0 Å². The molecule has 20 heavy (non-hydrogen) atoms. The van der Waals surface area contributed by atoms with Crippen molar-refractivity contribution in [3.05, 3.63) is 17.8 Å². The Bertz CT molecular complexity index is 463. The van der Waals surface area contributed by atoms with Gasteiger partial charge in [-0.2, -0.15) is 5.10 Å². The predicted octanol–water partition coefficient (Wildman–Crippen LogP) is 1.95. The molecule has 1 aromatic rings. The molecule has 1 aliphatic heterocycles. The fraction of sp³-hybridized carbons (Fsp3) is 0.667. The second-order valence-electron chi connectivity index (χ2n) is 5.78. The highest BCUT2D eigenvalue weighted by molar-refractivity contribution is 5.79. The van der Waals surface area contributed by atoms with Crippen molar-refractivity contribution in [2.45, 2.75) is 45.1 Å². The Morgan fingerprint density at radius 2 is 1.95 bits per heavy atom. The molecule has 3 rings (SSSR count). The van der Waals surface area contributed by atoms with Gasteiger partial charge in [0.15, 0.2) is 0 Å². The van der Waals surface area contributed by atoms with Crippen LogP contribution in [0.15, 0.2) is 12.1 Å². The number of likely N-dealkylation sites (tertiary alicyclic amines) is 1. The van der Waals surface area contributed by atoms with Crippen LogP contribution >= 0.6 is 0 Å². The van der Waals surface area contributed by atoms with Crippen LogP contribution in [0, 0.1) is 12.8 Å². The summed E-state index contributed by atoms with van der Waals surface area (Å²) < 4.78 is 5.83. The van der Waals surface area contributed by atoms with Crippen molar-refractivity contribution in [2.24, 2.45) is 5.92 Å². The highest BCUT2D eigenvalue weighted by Gasteiger charge is 2.32. The molecule has 1 aromatic heterocycles. The molecule has 1 amide bonds. The first-order chi connectivity index (χ1) is 9.72. The molecule has 1 aliphatic carbocycles. The summed E-state index contributed by atoms with van der Waals surface area (Å²) in [5.41, 5.74) is 0.887. The minimum atomic E-state index is 0.150. The lowest BCUT2D eigenvalue weighted by atomic mass is 9.84. The van der Waals surface area contributed by atoms with E-state index in [4.69, 9.17) is 4.74 Å². The van der Waals surface area contributed by atoms with Gasteiger partial charge in [-0.3, -0.25) is 4.79 Å². The van der Waals surface area contributed by atoms with Gasteiger partial charge in [-0.05, 0) is 25.8 Å². The maximum atomic E-state index is 12.1. The number of nitrogens with zero attached hydrogens (tertiary/aromatic N) is 3. The van der Waals surface area contributed by atoms with Crippen molar-refractivity contribution >= 4 is 5.91 Å². The third kappa shape index (κ3) is 2.92. The number of hydrogen-bond donors (Lipinski definition) is 0. The Kier molecular flexibility index (Phi) is 3.85. The molecule has 0 unspecified atom stereocenters. The molecule has 0 N–H and O–H groups in total. The highest BCUT2D eigenvalue weighted by atomic mass is 16.5. The predicted molar refractivity (Wildman–Crippen MR) is 74.3 cm³/mol. The van der Waals surface area contributed by atoms with E-state index in [9.17, 15) is 4.79 Å². The lowest BCUT2D eigenvalue weighted by Gasteiger charge is -2.36. The first-order valence-electron chi connectivity index (χ1n) is 7.48. The summed E-state index contributed by atoms with van der Waals surface area (Å²) in [6.07, 6.45) is 5.28. The summed E-state index contributed by atoms with van der Waals surface area (Å²) in [7, 11) is 0. The van der Waals surface area contributed by atoms with E-state index in [1.807, 2.05) is 24.0 Å². The smallest absolute Gasteiger partial charge is 0.233 e. The number of piperidine rings is 1. The van der Waals surface area contributed by atoms with Crippen LogP contribution in [-0.4, -0.2) is 40.2 Å². The van der Waals surface area contributed by atoms with Crippen LogP contribution in [0.5, 0.6) is 5.88 Å². The number of carbonyl (C=O) groups is 1. The van der Waals surface area contributed by atoms with Gasteiger partial charge >= 0.3 is 0 Å². The number of aryl methyl sites for hydroxylation is 1. The Morgan fingerprint density at radius 1 is 1.20 bits per heavy atom. The van der Waals surface area contributed by atoms with E-state index in [0.29, 0.717) is 17.7 Å². The first-order valence-corrected chi connectivity index (χ1v) is 7.48. The van der Waals surface area contributed by atoms with Crippen LogP contribution in [0.1, 0.15) is 37.8 Å². The molecule has 0 aromatic carbocycles. The Labute approximate surface area is 119 Å². The molecule has 0 atom stereocenters. The summed E-state index contributed by atoms with van der Waals surface area (Å²) in [6.45, 7) is 3.51. The molecule has 5 nitrogen and oxygen atoms in total. The summed E-state index contributed by atoms with van der Waals surface area (Å²) in [5.74, 6) is 1.24. The number of hydrogen-bond acceptors (Lipinski definition) is 4. The van der Waals surface area contributed by atoms with Crippen molar-refractivity contribution in [1.82, 2.24) is 15.1 Å². The quantitative estimate of drug-likeness (QED) is 0.846. The minimum absolute atomic E-state index is 0.150. The molecule has 5 heteroatoms. The lowest BCUT2D eigenvalue weighted by molar-refractivity contribution is -0.140. The monoisotopic (exact) mass is 275 g/mol. The first kappa shape index (κ1) is 13.3. The number of rotatable bonds is 3. The van der Waals surface area contributed by atoms with E-state index in [0.717, 1.165) is 44.5 Å². The zero-order valence-corrected chi connectivity index (χ0v) is 11.9. The molecule has 2 aliphatic rings. The van der Waals surface area contributed by atoms with Crippen LogP contribution in [-0.2, 0) is 4.79 Å². The van der Waals surface area contributed by atoms with Crippen LogP contribution in [0.2, 0.25) is 0 Å². The standard InChI is InChI=1S/C15H21N3O2/c1-11-5-6-14(17-16-11)20-13-7-9-18(10-8-13)15(19)12-3-2-4-12/h5-6,12-13H,2-4,7-10H2,1H3. The molecule has 2 heterocycles. The average Bonchev–Trinajstić information content (AvgIpc) is 2.40. The van der Waals surface area contributed by atoms with Crippen LogP contribution in [0.4, 0.5) is 0 Å². The van der Waals surface area contributed by atoms with Gasteiger partial charge in [0.1, 0.15) is 6.10 Å². The van der Waals surface area contributed by atoms with Gasteiger partial charge < -0.3 is 9.64 Å². The molecule has 0 spiro atoms. The lowest BCUT2D eigenvalue weighted by Crippen LogP contribution is -2.45. The molecular formula is C15H21N3O2. The minimum Gasteiger partial charge on any atom is -0.473 e. The van der Waals surface area contributed by atoms with Crippen LogP contribution in [0.3, 0.4) is 0 Å². The second-order valence-corrected chi connectivity index (χ2v) is 5.78. The summed E-state index contributed by atoms with van der Waals surface area (Å²) >= 11 is 0. The molecule has 108 valence electrons. The van der Waals surface area contributed by atoms with E-state index in [2.05, 4.69) is 10.2 Å². The van der Waals surface area contributed by atoms with E-state index < -0.39 is 0 Å². The molecule has 2 fully saturated rings. The zero-order chi connectivity index (χ0) is 13.9. The Morgan fingerprint density at radius 3 is 2.50 bits per heavy atom. The average molecular weight is 275 g/mol. The molecule has 0 radical (unpaired) electrons. The van der Waals surface area contributed by atoms with Crippen LogP contribution < -0.4 is 4.74 Å². The fourth-order valence-electron chi connectivity index (χ4n) is 2.73. The van der Waals surface area contributed by atoms with Crippen molar-refractivity contribution in [3.63, 3.8) is 0 Å². The molecule has 1 saturated carbocycles. The van der Waals surface area contributed by atoms with Crippen molar-refractivity contribution in [3.8, 4) is 5.88 Å². The highest BCUT2D eigenvalue weighted by Crippen LogP contribution is 2.29. The van der Waals surface area contributed by atoms with Crippen molar-refractivity contribution in [2.75, 3.05) is 13.1 Å². The number of aromatic nitrogens is 2. The van der Waals surface area contributed by atoms with Gasteiger partial charge in [-0.1, -0.05) is 6.42 Å². The van der Waals surface area contributed by atoms with Crippen molar-refractivity contribution in [1.29, 1.82) is 0 Å². The van der Waals surface area contributed by atoms with E-state index >= 15 is 0 Å². The third-order valence-electron chi connectivity index (χ3n) is 4.27. The van der Waals surface area contributed by atoms with Gasteiger partial charge in [0.2, 0.25) is 11.8 Å². The molecule has 1 saturated heterocycles. The van der Waals surface area contributed by atoms with E-state index in [1.165, 1.54) is 6.42 Å². The van der Waals surface area contributed by atoms with E-state index in [1.54, 1.807) is 0 Å².